The van der Waals surface area contributed by atoms with Crippen molar-refractivity contribution in [1.29, 1.82) is 0 Å². The molecule has 0 radical (unpaired) electrons. The van der Waals surface area contributed by atoms with Gasteiger partial charge in [-0.3, -0.25) is 0 Å². The van der Waals surface area contributed by atoms with Crippen LogP contribution in [0.1, 0.15) is 0 Å². The van der Waals surface area contributed by atoms with Gasteiger partial charge in [-0.2, -0.15) is 0 Å². The van der Waals surface area contributed by atoms with E-state index >= 15 is 0 Å². The molecular formula is H5MoNO4. The number of rotatable bonds is 0. The van der Waals surface area contributed by atoms with Gasteiger partial charge >= 0.3 is 27.4 Å². The number of quaternary nitrogens is 1. The fourth-order valence-corrected chi connectivity index (χ4v) is 0. The molecule has 0 rings (SSSR count). The second-order valence-corrected chi connectivity index (χ2v) is 1.21. The molecular weight excluding hydrogens is 174 g/mol. The van der Waals surface area contributed by atoms with Crippen molar-refractivity contribution >= 4 is 0 Å². The van der Waals surface area contributed by atoms with Gasteiger partial charge in [0.15, 0.2) is 0 Å². The van der Waals surface area contributed by atoms with E-state index in [0.29, 0.717) is 0 Å². The van der Waals surface area contributed by atoms with Gasteiger partial charge in [-0.25, -0.2) is 0 Å². The van der Waals surface area contributed by atoms with Crippen LogP contribution in [0.5, 0.6) is 0 Å². The molecule has 0 fully saturated rings. The van der Waals surface area contributed by atoms with Crippen LogP contribution in [-0.2, 0) is 27.4 Å². The summed E-state index contributed by atoms with van der Waals surface area (Å²) in [6, 6.07) is 0. The average molecular weight is 179 g/mol. The Morgan fingerprint density at radius 1 is 1.00 bits per heavy atom. The Kier molecular flexibility index (Phi) is 24.7. The molecule has 0 aliphatic carbocycles. The molecule has 0 aliphatic rings. The topological polar surface area (TPSA) is 118 Å². The van der Waals surface area contributed by atoms with Crippen LogP contribution in [0.3, 0.4) is 0 Å². The molecule has 6 heteroatoms. The van der Waals surface area contributed by atoms with Gasteiger partial charge in [0, 0.05) is 0 Å². The fraction of sp³-hybridized carbons (Fsp3) is 0. The SMILES string of the molecule is [NH4+].[OH-].[O]=[Mo](=[O])=[O]. The Morgan fingerprint density at radius 3 is 1.00 bits per heavy atom. The monoisotopic (exact) mass is 181 g/mol. The molecule has 0 aliphatic heterocycles. The van der Waals surface area contributed by atoms with Gasteiger partial charge in [0.2, 0.25) is 0 Å². The zero-order valence-electron chi connectivity index (χ0n) is 3.08. The summed E-state index contributed by atoms with van der Waals surface area (Å²) in [5.41, 5.74) is 0. The minimum absolute atomic E-state index is 0. The predicted octanol–water partition coefficient (Wildman–Crippen LogP) is -0.160. The predicted molar refractivity (Wildman–Crippen MR) is 9.98 cm³/mol. The van der Waals surface area contributed by atoms with Gasteiger partial charge in [0.1, 0.15) is 0 Å². The molecule has 0 aromatic rings. The Labute approximate surface area is 39.7 Å². The normalized spacial score (nSPS) is 4.00. The van der Waals surface area contributed by atoms with Crippen molar-refractivity contribution < 1.29 is 32.9 Å². The van der Waals surface area contributed by atoms with Crippen LogP contribution >= 0.6 is 0 Å². The average Bonchev–Trinajstić information content (AvgIpc) is 0.811. The molecule has 0 aromatic carbocycles. The van der Waals surface area contributed by atoms with Crippen LogP contribution in [0, 0.1) is 0 Å². The van der Waals surface area contributed by atoms with Crippen LogP contribution in [0.4, 0.5) is 0 Å². The van der Waals surface area contributed by atoms with Gasteiger partial charge < -0.3 is 11.6 Å². The van der Waals surface area contributed by atoms with Crippen molar-refractivity contribution in [2.24, 2.45) is 0 Å². The summed E-state index contributed by atoms with van der Waals surface area (Å²) < 4.78 is 25.8. The van der Waals surface area contributed by atoms with E-state index < -0.39 is 17.2 Å². The summed E-state index contributed by atoms with van der Waals surface area (Å²) in [4.78, 5) is 0. The molecule has 0 amide bonds. The second-order valence-electron chi connectivity index (χ2n) is 0.204. The molecule has 6 heavy (non-hydrogen) atoms. The maximum absolute atomic E-state index is 8.59. The third-order valence-electron chi connectivity index (χ3n) is 0. The molecule has 0 spiro atoms. The molecule has 0 aromatic heterocycles. The Hall–Kier alpha value is 0.00831. The number of hydrogen-bond donors (Lipinski definition) is 1. The van der Waals surface area contributed by atoms with E-state index in [9.17, 15) is 0 Å². The van der Waals surface area contributed by atoms with Crippen molar-refractivity contribution in [3.05, 3.63) is 0 Å². The van der Waals surface area contributed by atoms with Crippen LogP contribution in [0.15, 0.2) is 0 Å². The van der Waals surface area contributed by atoms with Gasteiger partial charge in [0.25, 0.3) is 0 Å². The van der Waals surface area contributed by atoms with Gasteiger partial charge in [-0.1, -0.05) is 0 Å². The van der Waals surface area contributed by atoms with Crippen molar-refractivity contribution in [3.8, 4) is 0 Å². The van der Waals surface area contributed by atoms with Crippen LogP contribution in [0.25, 0.3) is 0 Å². The first kappa shape index (κ1) is 16.7. The van der Waals surface area contributed by atoms with E-state index in [4.69, 9.17) is 10.2 Å². The standard InChI is InChI=1S/Mo.H3N.H2O.3O/h;1H3;1H2;;;. The van der Waals surface area contributed by atoms with Crippen molar-refractivity contribution in [3.63, 3.8) is 0 Å². The van der Waals surface area contributed by atoms with Crippen LogP contribution in [-0.4, -0.2) is 5.48 Å². The molecule has 0 bridgehead atoms. The summed E-state index contributed by atoms with van der Waals surface area (Å²) in [5.74, 6) is 0. The molecule has 0 unspecified atom stereocenters. The Morgan fingerprint density at radius 2 is 1.00 bits per heavy atom. The Bertz CT molecular complexity index is 76.9. The van der Waals surface area contributed by atoms with E-state index in [0.717, 1.165) is 0 Å². The summed E-state index contributed by atoms with van der Waals surface area (Å²) in [5, 5.41) is 0. The maximum atomic E-state index is 8.59. The fourth-order valence-electron chi connectivity index (χ4n) is 0. The van der Waals surface area contributed by atoms with E-state index in [1.54, 1.807) is 0 Å². The molecule has 5 nitrogen and oxygen atoms in total. The van der Waals surface area contributed by atoms with Gasteiger partial charge in [-0.05, 0) is 0 Å². The van der Waals surface area contributed by atoms with E-state index in [2.05, 4.69) is 0 Å². The second kappa shape index (κ2) is 8.89. The summed E-state index contributed by atoms with van der Waals surface area (Å²) in [6.45, 7) is 0. The number of hydrogen-bond acceptors (Lipinski definition) is 4. The molecule has 0 atom stereocenters. The van der Waals surface area contributed by atoms with E-state index in [1.807, 2.05) is 0 Å². The zero-order chi connectivity index (χ0) is 3.58. The minimum atomic E-state index is -4.11. The van der Waals surface area contributed by atoms with Crippen LogP contribution in [0.2, 0.25) is 0 Å². The molecule has 5 N–H and O–H groups in total. The summed E-state index contributed by atoms with van der Waals surface area (Å²) in [7, 11) is 0. The Balaban J connectivity index is -0.0000000450. The molecule has 0 saturated heterocycles. The molecule has 0 saturated carbocycles. The van der Waals surface area contributed by atoms with E-state index in [-0.39, 0.29) is 11.6 Å². The first-order chi connectivity index (χ1) is 1.73. The zero-order valence-corrected chi connectivity index (χ0v) is 5.09. The first-order valence-corrected chi connectivity index (χ1v) is 2.96. The van der Waals surface area contributed by atoms with Gasteiger partial charge in [-0.15, -0.1) is 0 Å². The van der Waals surface area contributed by atoms with E-state index in [1.165, 1.54) is 0 Å². The quantitative estimate of drug-likeness (QED) is 0.519. The summed E-state index contributed by atoms with van der Waals surface area (Å²) in [6.07, 6.45) is 0. The third-order valence-corrected chi connectivity index (χ3v) is 0. The molecule has 0 heterocycles. The first-order valence-electron chi connectivity index (χ1n) is 0.500. The van der Waals surface area contributed by atoms with Gasteiger partial charge in [0.05, 0.1) is 0 Å². The van der Waals surface area contributed by atoms with Crippen molar-refractivity contribution in [2.45, 2.75) is 0 Å². The van der Waals surface area contributed by atoms with Crippen LogP contribution < -0.4 is 6.15 Å². The molecule has 40 valence electrons. The van der Waals surface area contributed by atoms with Crippen molar-refractivity contribution in [2.75, 3.05) is 0 Å². The third kappa shape index (κ3) is 525000. The van der Waals surface area contributed by atoms with Crippen molar-refractivity contribution in [1.82, 2.24) is 6.15 Å². The summed E-state index contributed by atoms with van der Waals surface area (Å²) >= 11 is -4.11.